The predicted octanol–water partition coefficient (Wildman–Crippen LogP) is 6.50. The summed E-state index contributed by atoms with van der Waals surface area (Å²) >= 11 is 0. The SMILES string of the molecule is CCOC(=O)c1ccc(N2CCC([C@@H](O)c3ccccc3-c3ccc(C(F)(F)F)cc3)CC2)cc1. The number of hydrogen-bond acceptors (Lipinski definition) is 4. The molecule has 1 atom stereocenters. The van der Waals surface area contributed by atoms with E-state index in [0.717, 1.165) is 54.9 Å². The molecule has 0 bridgehead atoms. The van der Waals surface area contributed by atoms with Crippen molar-refractivity contribution >= 4 is 11.7 Å². The molecule has 35 heavy (non-hydrogen) atoms. The second-order valence-electron chi connectivity index (χ2n) is 8.70. The zero-order valence-electron chi connectivity index (χ0n) is 19.5. The van der Waals surface area contributed by atoms with Crippen LogP contribution in [-0.4, -0.2) is 30.8 Å². The van der Waals surface area contributed by atoms with Gasteiger partial charge in [0.2, 0.25) is 0 Å². The van der Waals surface area contributed by atoms with Gasteiger partial charge in [0.15, 0.2) is 0 Å². The van der Waals surface area contributed by atoms with E-state index in [1.165, 1.54) is 12.1 Å². The number of ether oxygens (including phenoxy) is 1. The molecule has 1 heterocycles. The van der Waals surface area contributed by atoms with Crippen LogP contribution in [0.25, 0.3) is 11.1 Å². The predicted molar refractivity (Wildman–Crippen MR) is 129 cm³/mol. The fourth-order valence-electron chi connectivity index (χ4n) is 4.61. The number of anilines is 1. The van der Waals surface area contributed by atoms with E-state index in [4.69, 9.17) is 4.74 Å². The summed E-state index contributed by atoms with van der Waals surface area (Å²) in [5.74, 6) is -0.312. The third-order valence-electron chi connectivity index (χ3n) is 6.53. The van der Waals surface area contributed by atoms with Crippen LogP contribution in [0, 0.1) is 5.92 Å². The summed E-state index contributed by atoms with van der Waals surface area (Å²) in [6.45, 7) is 3.61. The first-order chi connectivity index (χ1) is 16.8. The van der Waals surface area contributed by atoms with Gasteiger partial charge in [0, 0.05) is 18.8 Å². The first kappa shape index (κ1) is 24.8. The minimum absolute atomic E-state index is 0.0284. The maximum Gasteiger partial charge on any atom is 0.416 e. The van der Waals surface area contributed by atoms with E-state index in [-0.39, 0.29) is 11.9 Å². The van der Waals surface area contributed by atoms with Crippen LogP contribution in [0.15, 0.2) is 72.8 Å². The lowest BCUT2D eigenvalue weighted by atomic mass is 9.84. The highest BCUT2D eigenvalue weighted by molar-refractivity contribution is 5.89. The normalized spacial score (nSPS) is 15.6. The van der Waals surface area contributed by atoms with Gasteiger partial charge < -0.3 is 14.7 Å². The van der Waals surface area contributed by atoms with Crippen molar-refractivity contribution in [2.45, 2.75) is 32.0 Å². The number of aliphatic hydroxyl groups excluding tert-OH is 1. The number of aliphatic hydroxyl groups is 1. The van der Waals surface area contributed by atoms with Gasteiger partial charge in [-0.05, 0) is 78.8 Å². The number of carbonyl (C=O) groups is 1. The van der Waals surface area contributed by atoms with Gasteiger partial charge in [-0.15, -0.1) is 0 Å². The lowest BCUT2D eigenvalue weighted by molar-refractivity contribution is -0.137. The van der Waals surface area contributed by atoms with Gasteiger partial charge in [-0.25, -0.2) is 4.79 Å². The largest absolute Gasteiger partial charge is 0.462 e. The summed E-state index contributed by atoms with van der Waals surface area (Å²) in [5, 5.41) is 11.2. The smallest absolute Gasteiger partial charge is 0.416 e. The quantitative estimate of drug-likeness (QED) is 0.407. The van der Waals surface area contributed by atoms with Crippen molar-refractivity contribution in [3.05, 3.63) is 89.5 Å². The first-order valence-corrected chi connectivity index (χ1v) is 11.7. The molecule has 1 saturated heterocycles. The van der Waals surface area contributed by atoms with Crippen molar-refractivity contribution in [1.29, 1.82) is 0 Å². The molecule has 1 N–H and O–H groups in total. The highest BCUT2D eigenvalue weighted by Crippen LogP contribution is 2.38. The van der Waals surface area contributed by atoms with Crippen molar-refractivity contribution in [1.82, 2.24) is 0 Å². The van der Waals surface area contributed by atoms with Crippen LogP contribution in [0.1, 0.15) is 47.4 Å². The number of piperidine rings is 1. The van der Waals surface area contributed by atoms with Crippen molar-refractivity contribution < 1.29 is 27.8 Å². The summed E-state index contributed by atoms with van der Waals surface area (Å²) in [5.41, 5.74) is 2.95. The Bertz CT molecular complexity index is 1140. The molecule has 0 aromatic heterocycles. The maximum atomic E-state index is 12.9. The molecule has 1 aliphatic rings. The highest BCUT2D eigenvalue weighted by Gasteiger charge is 2.31. The second kappa shape index (κ2) is 10.5. The molecule has 3 aromatic rings. The molecule has 0 aliphatic carbocycles. The number of esters is 1. The summed E-state index contributed by atoms with van der Waals surface area (Å²) < 4.78 is 43.9. The standard InChI is InChI=1S/C28H28F3NO3/c1-2-35-27(34)21-9-13-23(14-10-21)32-17-15-20(16-18-32)26(33)25-6-4-3-5-24(25)19-7-11-22(12-8-19)28(29,30)31/h3-14,20,26,33H,2,15-18H2,1H3/t26-/m1/s1. The van der Waals surface area contributed by atoms with Crippen LogP contribution in [0.3, 0.4) is 0 Å². The van der Waals surface area contributed by atoms with Crippen LogP contribution < -0.4 is 4.90 Å². The summed E-state index contributed by atoms with van der Waals surface area (Å²) in [6, 6.07) is 19.7. The Morgan fingerprint density at radius 3 is 2.23 bits per heavy atom. The molecule has 7 heteroatoms. The number of benzene rings is 3. The molecule has 0 amide bonds. The minimum Gasteiger partial charge on any atom is -0.462 e. The molecule has 0 radical (unpaired) electrons. The summed E-state index contributed by atoms with van der Waals surface area (Å²) in [4.78, 5) is 14.1. The van der Waals surface area contributed by atoms with Gasteiger partial charge in [0.25, 0.3) is 0 Å². The topological polar surface area (TPSA) is 49.8 Å². The molecule has 4 rings (SSSR count). The number of nitrogens with zero attached hydrogens (tertiary/aromatic N) is 1. The van der Waals surface area contributed by atoms with E-state index in [1.807, 2.05) is 36.4 Å². The van der Waals surface area contributed by atoms with Gasteiger partial charge >= 0.3 is 12.1 Å². The van der Waals surface area contributed by atoms with E-state index in [0.29, 0.717) is 17.7 Å². The molecule has 1 fully saturated rings. The average molecular weight is 484 g/mol. The highest BCUT2D eigenvalue weighted by atomic mass is 19.4. The van der Waals surface area contributed by atoms with Crippen LogP contribution in [0.4, 0.5) is 18.9 Å². The number of carbonyl (C=O) groups excluding carboxylic acids is 1. The minimum atomic E-state index is -4.38. The molecule has 0 saturated carbocycles. The average Bonchev–Trinajstić information content (AvgIpc) is 2.88. The third-order valence-corrected chi connectivity index (χ3v) is 6.53. The first-order valence-electron chi connectivity index (χ1n) is 11.7. The summed E-state index contributed by atoms with van der Waals surface area (Å²) in [7, 11) is 0. The van der Waals surface area contributed by atoms with Crippen LogP contribution in [0.5, 0.6) is 0 Å². The van der Waals surface area contributed by atoms with Crippen LogP contribution in [-0.2, 0) is 10.9 Å². The molecule has 184 valence electrons. The molecule has 0 unspecified atom stereocenters. The van der Waals surface area contributed by atoms with E-state index >= 15 is 0 Å². The van der Waals surface area contributed by atoms with E-state index in [9.17, 15) is 23.1 Å². The Balaban J connectivity index is 1.44. The third kappa shape index (κ3) is 5.68. The van der Waals surface area contributed by atoms with Crippen LogP contribution in [0.2, 0.25) is 0 Å². The fraction of sp³-hybridized carbons (Fsp3) is 0.321. The lowest BCUT2D eigenvalue weighted by Gasteiger charge is -2.36. The molecule has 4 nitrogen and oxygen atoms in total. The Kier molecular flexibility index (Phi) is 7.45. The van der Waals surface area contributed by atoms with Gasteiger partial charge in [0.1, 0.15) is 0 Å². The summed E-state index contributed by atoms with van der Waals surface area (Å²) in [6.07, 6.45) is -3.57. The number of halogens is 3. The van der Waals surface area contributed by atoms with Gasteiger partial charge in [-0.3, -0.25) is 0 Å². The zero-order chi connectivity index (χ0) is 25.0. The molecule has 1 aliphatic heterocycles. The van der Waals surface area contributed by atoms with Crippen molar-refractivity contribution in [3.63, 3.8) is 0 Å². The Morgan fingerprint density at radius 1 is 1.00 bits per heavy atom. The molecule has 0 spiro atoms. The van der Waals surface area contributed by atoms with Gasteiger partial charge in [0.05, 0.1) is 23.8 Å². The Hall–Kier alpha value is -3.32. The molecular weight excluding hydrogens is 455 g/mol. The second-order valence-corrected chi connectivity index (χ2v) is 8.70. The Labute approximate surface area is 203 Å². The number of hydrogen-bond donors (Lipinski definition) is 1. The van der Waals surface area contributed by atoms with Crippen molar-refractivity contribution in [2.75, 3.05) is 24.6 Å². The molecular formula is C28H28F3NO3. The van der Waals surface area contributed by atoms with E-state index < -0.39 is 17.8 Å². The maximum absolute atomic E-state index is 12.9. The van der Waals surface area contributed by atoms with E-state index in [1.54, 1.807) is 19.1 Å². The zero-order valence-corrected chi connectivity index (χ0v) is 19.5. The van der Waals surface area contributed by atoms with Gasteiger partial charge in [-0.1, -0.05) is 36.4 Å². The monoisotopic (exact) mass is 483 g/mol. The van der Waals surface area contributed by atoms with Gasteiger partial charge in [-0.2, -0.15) is 13.2 Å². The van der Waals surface area contributed by atoms with E-state index in [2.05, 4.69) is 4.90 Å². The van der Waals surface area contributed by atoms with Crippen molar-refractivity contribution in [2.24, 2.45) is 5.92 Å². The Morgan fingerprint density at radius 2 is 1.63 bits per heavy atom. The van der Waals surface area contributed by atoms with Crippen LogP contribution >= 0.6 is 0 Å². The lowest BCUT2D eigenvalue weighted by Crippen LogP contribution is -2.35. The van der Waals surface area contributed by atoms with Crippen molar-refractivity contribution in [3.8, 4) is 11.1 Å². The number of rotatable bonds is 6. The molecule has 3 aromatic carbocycles. The number of alkyl halides is 3. The fourth-order valence-corrected chi connectivity index (χ4v) is 4.61.